The number of hydrogen-bond acceptors (Lipinski definition) is 2. The van der Waals surface area contributed by atoms with Crippen molar-refractivity contribution in [3.8, 4) is 22.3 Å². The molecule has 0 unspecified atom stereocenters. The summed E-state index contributed by atoms with van der Waals surface area (Å²) >= 11 is 8.32. The van der Waals surface area contributed by atoms with Crippen molar-refractivity contribution >= 4 is 40.2 Å². The maximum absolute atomic E-state index is 10.7. The second kappa shape index (κ2) is 8.99. The van der Waals surface area contributed by atoms with E-state index in [-0.39, 0.29) is 6.42 Å². The average molecular weight is 436 g/mol. The molecular weight excluding hydrogens is 414 g/mol. The van der Waals surface area contributed by atoms with Gasteiger partial charge in [0.05, 0.1) is 5.02 Å². The first-order chi connectivity index (χ1) is 14.5. The Hall–Kier alpha value is -2.69. The van der Waals surface area contributed by atoms with Gasteiger partial charge in [-0.3, -0.25) is 4.79 Å². The number of fused-ring (bicyclic) bond motifs is 1. The van der Waals surface area contributed by atoms with Gasteiger partial charge < -0.3 is 10.1 Å². The van der Waals surface area contributed by atoms with E-state index >= 15 is 0 Å². The lowest BCUT2D eigenvalue weighted by atomic mass is 9.99. The van der Waals surface area contributed by atoms with Crippen LogP contribution in [0.25, 0.3) is 33.2 Å². The van der Waals surface area contributed by atoms with E-state index in [2.05, 4.69) is 71.9 Å². The summed E-state index contributed by atoms with van der Waals surface area (Å²) in [6.45, 7) is 0. The van der Waals surface area contributed by atoms with Gasteiger partial charge in [0.25, 0.3) is 0 Å². The van der Waals surface area contributed by atoms with E-state index in [4.69, 9.17) is 16.7 Å². The van der Waals surface area contributed by atoms with Crippen LogP contribution in [0.1, 0.15) is 18.5 Å². The third kappa shape index (κ3) is 4.55. The van der Waals surface area contributed by atoms with Crippen LogP contribution in [0.4, 0.5) is 0 Å². The fourth-order valence-electron chi connectivity index (χ4n) is 3.63. The first-order valence-corrected chi connectivity index (χ1v) is 11.4. The number of benzene rings is 3. The van der Waals surface area contributed by atoms with Gasteiger partial charge in [-0.15, -0.1) is 11.8 Å². The normalized spacial score (nSPS) is 11.1. The minimum Gasteiger partial charge on any atom is -0.481 e. The molecule has 0 saturated carbocycles. The Morgan fingerprint density at radius 2 is 1.60 bits per heavy atom. The van der Waals surface area contributed by atoms with Gasteiger partial charge in [0, 0.05) is 33.5 Å². The van der Waals surface area contributed by atoms with Crippen molar-refractivity contribution in [1.29, 1.82) is 0 Å². The number of carbonyl (C=O) groups is 1. The largest absolute Gasteiger partial charge is 0.481 e. The van der Waals surface area contributed by atoms with Crippen LogP contribution in [-0.4, -0.2) is 22.3 Å². The standard InChI is InChI=1S/C25H22ClNO2S/c1-30-21-11-9-17(10-12-21)16-5-7-18(8-6-16)22-14-19-13-20(3-2-4-25(28)29)27-24(19)15-23(22)26/h5-15,27H,2-4H2,1H3,(H,28,29). The van der Waals surface area contributed by atoms with Gasteiger partial charge in [-0.2, -0.15) is 0 Å². The number of nitrogens with one attached hydrogen (secondary N) is 1. The third-order valence-electron chi connectivity index (χ3n) is 5.22. The van der Waals surface area contributed by atoms with Crippen LogP contribution in [-0.2, 0) is 11.2 Å². The Kier molecular flexibility index (Phi) is 6.16. The van der Waals surface area contributed by atoms with E-state index in [1.807, 2.05) is 6.07 Å². The molecule has 0 saturated heterocycles. The predicted molar refractivity (Wildman–Crippen MR) is 127 cm³/mol. The van der Waals surface area contributed by atoms with Gasteiger partial charge >= 0.3 is 5.97 Å². The summed E-state index contributed by atoms with van der Waals surface area (Å²) in [5.41, 5.74) is 6.43. The molecule has 0 bridgehead atoms. The van der Waals surface area contributed by atoms with Crippen LogP contribution in [0.15, 0.2) is 71.6 Å². The lowest BCUT2D eigenvalue weighted by molar-refractivity contribution is -0.137. The number of halogens is 1. The molecule has 4 rings (SSSR count). The van der Waals surface area contributed by atoms with Gasteiger partial charge in [0.15, 0.2) is 0 Å². The average Bonchev–Trinajstić information content (AvgIpc) is 3.14. The van der Waals surface area contributed by atoms with E-state index < -0.39 is 5.97 Å². The second-order valence-corrected chi connectivity index (χ2v) is 8.55. The number of thioether (sulfide) groups is 1. The number of carboxylic acids is 1. The number of hydrogen-bond donors (Lipinski definition) is 2. The lowest BCUT2D eigenvalue weighted by Gasteiger charge is -2.08. The first-order valence-electron chi connectivity index (χ1n) is 9.81. The molecule has 1 heterocycles. The summed E-state index contributed by atoms with van der Waals surface area (Å²) in [5.74, 6) is -0.764. The summed E-state index contributed by atoms with van der Waals surface area (Å²) in [7, 11) is 0. The van der Waals surface area contributed by atoms with Crippen LogP contribution in [0.2, 0.25) is 5.02 Å². The Balaban J connectivity index is 1.58. The molecule has 30 heavy (non-hydrogen) atoms. The highest BCUT2D eigenvalue weighted by atomic mass is 35.5. The molecule has 5 heteroatoms. The van der Waals surface area contributed by atoms with Crippen LogP contribution in [0.5, 0.6) is 0 Å². The number of aromatic nitrogens is 1. The summed E-state index contributed by atoms with van der Waals surface area (Å²) in [5, 5.41) is 10.6. The summed E-state index contributed by atoms with van der Waals surface area (Å²) < 4.78 is 0. The third-order valence-corrected chi connectivity index (χ3v) is 6.28. The van der Waals surface area contributed by atoms with Crippen LogP contribution >= 0.6 is 23.4 Å². The monoisotopic (exact) mass is 435 g/mol. The maximum Gasteiger partial charge on any atom is 0.303 e. The number of aromatic amines is 1. The fourth-order valence-corrected chi connectivity index (χ4v) is 4.31. The van der Waals surface area contributed by atoms with Crippen molar-refractivity contribution in [1.82, 2.24) is 4.98 Å². The molecular formula is C25H22ClNO2S. The zero-order chi connectivity index (χ0) is 21.1. The van der Waals surface area contributed by atoms with E-state index in [9.17, 15) is 4.79 Å². The summed E-state index contributed by atoms with van der Waals surface area (Å²) in [6.07, 6.45) is 3.57. The number of rotatable bonds is 7. The van der Waals surface area contributed by atoms with E-state index in [0.717, 1.165) is 27.7 Å². The van der Waals surface area contributed by atoms with Gasteiger partial charge in [-0.1, -0.05) is 48.0 Å². The molecule has 0 atom stereocenters. The molecule has 0 fully saturated rings. The quantitative estimate of drug-likeness (QED) is 0.300. The molecule has 0 spiro atoms. The Bertz CT molecular complexity index is 1180. The Morgan fingerprint density at radius 1 is 0.967 bits per heavy atom. The highest BCUT2D eigenvalue weighted by Crippen LogP contribution is 2.34. The lowest BCUT2D eigenvalue weighted by Crippen LogP contribution is -1.95. The van der Waals surface area contributed by atoms with Crippen molar-refractivity contribution in [3.63, 3.8) is 0 Å². The van der Waals surface area contributed by atoms with E-state index in [1.165, 1.54) is 16.0 Å². The zero-order valence-electron chi connectivity index (χ0n) is 16.6. The summed E-state index contributed by atoms with van der Waals surface area (Å²) in [4.78, 5) is 15.3. The van der Waals surface area contributed by atoms with Gasteiger partial charge in [0.1, 0.15) is 0 Å². The fraction of sp³-hybridized carbons (Fsp3) is 0.160. The molecule has 0 aliphatic carbocycles. The first kappa shape index (κ1) is 20.6. The zero-order valence-corrected chi connectivity index (χ0v) is 18.2. The van der Waals surface area contributed by atoms with Crippen molar-refractivity contribution in [2.45, 2.75) is 24.2 Å². The minimum atomic E-state index is -0.764. The van der Waals surface area contributed by atoms with Crippen LogP contribution in [0, 0.1) is 0 Å². The molecule has 0 radical (unpaired) electrons. The van der Waals surface area contributed by atoms with Crippen molar-refractivity contribution in [3.05, 3.63) is 77.4 Å². The van der Waals surface area contributed by atoms with Crippen molar-refractivity contribution in [2.75, 3.05) is 6.26 Å². The second-order valence-electron chi connectivity index (χ2n) is 7.27. The molecule has 3 aromatic carbocycles. The SMILES string of the molecule is CSc1ccc(-c2ccc(-c3cc4cc(CCCC(=O)O)[nH]c4cc3Cl)cc2)cc1. The molecule has 152 valence electrons. The summed E-state index contributed by atoms with van der Waals surface area (Å²) in [6, 6.07) is 23.1. The minimum absolute atomic E-state index is 0.174. The topological polar surface area (TPSA) is 53.1 Å². The number of carboxylic acid groups (broad SMARTS) is 1. The molecule has 2 N–H and O–H groups in total. The van der Waals surface area contributed by atoms with Crippen LogP contribution in [0.3, 0.4) is 0 Å². The highest BCUT2D eigenvalue weighted by molar-refractivity contribution is 7.98. The van der Waals surface area contributed by atoms with Crippen LogP contribution < -0.4 is 0 Å². The van der Waals surface area contributed by atoms with Crippen molar-refractivity contribution < 1.29 is 9.90 Å². The van der Waals surface area contributed by atoms with E-state index in [0.29, 0.717) is 17.9 Å². The Labute approximate surface area is 185 Å². The molecule has 1 aromatic heterocycles. The van der Waals surface area contributed by atoms with Crippen molar-refractivity contribution in [2.24, 2.45) is 0 Å². The number of aliphatic carboxylic acids is 1. The molecule has 0 aliphatic heterocycles. The van der Waals surface area contributed by atoms with E-state index in [1.54, 1.807) is 11.8 Å². The number of aryl methyl sites for hydroxylation is 1. The Morgan fingerprint density at radius 3 is 2.23 bits per heavy atom. The molecule has 3 nitrogen and oxygen atoms in total. The van der Waals surface area contributed by atoms with Gasteiger partial charge in [-0.25, -0.2) is 0 Å². The van der Waals surface area contributed by atoms with Gasteiger partial charge in [-0.05, 0) is 66.1 Å². The van der Waals surface area contributed by atoms with Gasteiger partial charge in [0.2, 0.25) is 0 Å². The molecule has 0 aliphatic rings. The molecule has 0 amide bonds. The number of H-pyrrole nitrogens is 1. The highest BCUT2D eigenvalue weighted by Gasteiger charge is 2.10. The maximum atomic E-state index is 10.7. The predicted octanol–water partition coefficient (Wildman–Crippen LogP) is 7.28. The molecule has 4 aromatic rings. The smallest absolute Gasteiger partial charge is 0.303 e.